The van der Waals surface area contributed by atoms with Crippen LogP contribution < -0.4 is 0 Å². The summed E-state index contributed by atoms with van der Waals surface area (Å²) in [7, 11) is 1.95. The minimum atomic E-state index is -0.0868. The Morgan fingerprint density at radius 2 is 1.96 bits per heavy atom. The van der Waals surface area contributed by atoms with Crippen molar-refractivity contribution in [1.29, 1.82) is 0 Å². The summed E-state index contributed by atoms with van der Waals surface area (Å²) < 4.78 is 7.37. The Balaban J connectivity index is 2.12. The molecule has 2 heterocycles. The smallest absolute Gasteiger partial charge is 0.242 e. The highest BCUT2D eigenvalue weighted by atomic mass is 16.3. The minimum Gasteiger partial charge on any atom is -0.467 e. The van der Waals surface area contributed by atoms with E-state index < -0.39 is 0 Å². The molecule has 6 heteroatoms. The molecular weight excluding hydrogens is 306 g/mol. The zero-order valence-electron chi connectivity index (χ0n) is 14.6. The molecule has 2 rings (SSSR count). The molecule has 0 fully saturated rings. The Hall–Kier alpha value is -2.50. The lowest BCUT2D eigenvalue weighted by Gasteiger charge is -2.26. The van der Waals surface area contributed by atoms with E-state index in [0.29, 0.717) is 19.6 Å². The van der Waals surface area contributed by atoms with Crippen molar-refractivity contribution >= 4 is 11.8 Å². The van der Waals surface area contributed by atoms with Crippen molar-refractivity contribution in [3.63, 3.8) is 0 Å². The van der Waals surface area contributed by atoms with Gasteiger partial charge in [0.2, 0.25) is 11.8 Å². The quantitative estimate of drug-likeness (QED) is 0.746. The summed E-state index contributed by atoms with van der Waals surface area (Å²) >= 11 is 0. The van der Waals surface area contributed by atoms with Gasteiger partial charge in [-0.15, -0.1) is 0 Å². The molecule has 2 aromatic heterocycles. The topological polar surface area (TPSA) is 58.7 Å². The van der Waals surface area contributed by atoms with Gasteiger partial charge >= 0.3 is 0 Å². The molecule has 0 N–H and O–H groups in total. The fourth-order valence-corrected chi connectivity index (χ4v) is 2.56. The Kier molecular flexibility index (Phi) is 6.23. The fraction of sp³-hybridized carbons (Fsp3) is 0.444. The van der Waals surface area contributed by atoms with E-state index in [-0.39, 0.29) is 18.4 Å². The maximum Gasteiger partial charge on any atom is 0.242 e. The van der Waals surface area contributed by atoms with Crippen LogP contribution >= 0.6 is 0 Å². The molecule has 0 aliphatic rings. The molecule has 0 aliphatic carbocycles. The van der Waals surface area contributed by atoms with Crippen molar-refractivity contribution in [2.24, 2.45) is 7.05 Å². The summed E-state index contributed by atoms with van der Waals surface area (Å²) in [5, 5.41) is 0. The molecule has 0 bridgehead atoms. The van der Waals surface area contributed by atoms with E-state index in [1.54, 1.807) is 22.1 Å². The maximum absolute atomic E-state index is 12.8. The van der Waals surface area contributed by atoms with Crippen LogP contribution in [0.5, 0.6) is 0 Å². The summed E-state index contributed by atoms with van der Waals surface area (Å²) in [4.78, 5) is 27.8. The maximum atomic E-state index is 12.8. The molecule has 0 aromatic carbocycles. The van der Waals surface area contributed by atoms with Crippen molar-refractivity contribution < 1.29 is 14.0 Å². The number of furan rings is 1. The normalized spacial score (nSPS) is 10.6. The predicted octanol–water partition coefficient (Wildman–Crippen LogP) is 2.41. The Labute approximate surface area is 142 Å². The van der Waals surface area contributed by atoms with E-state index in [4.69, 9.17) is 4.42 Å². The summed E-state index contributed by atoms with van der Waals surface area (Å²) in [6, 6.07) is 7.58. The number of rotatable bonds is 8. The molecule has 0 aliphatic heterocycles. The first-order valence-corrected chi connectivity index (χ1v) is 8.17. The zero-order valence-corrected chi connectivity index (χ0v) is 14.6. The molecule has 0 atom stereocenters. The van der Waals surface area contributed by atoms with Gasteiger partial charge in [-0.1, -0.05) is 6.92 Å². The average Bonchev–Trinajstić information content (AvgIpc) is 3.18. The molecule has 2 aromatic rings. The van der Waals surface area contributed by atoms with Gasteiger partial charge in [0.1, 0.15) is 5.76 Å². The van der Waals surface area contributed by atoms with Crippen LogP contribution in [0, 0.1) is 0 Å². The number of carbonyl (C=O) groups is 2. The largest absolute Gasteiger partial charge is 0.467 e. The number of aryl methyl sites for hydroxylation is 1. The number of amides is 2. The van der Waals surface area contributed by atoms with Crippen LogP contribution in [0.3, 0.4) is 0 Å². The second-order valence-electron chi connectivity index (χ2n) is 5.88. The van der Waals surface area contributed by atoms with Crippen molar-refractivity contribution in [1.82, 2.24) is 14.4 Å². The molecule has 0 saturated carbocycles. The molecule has 2 amide bonds. The van der Waals surface area contributed by atoms with Crippen LogP contribution in [0.15, 0.2) is 41.1 Å². The first-order chi connectivity index (χ1) is 11.5. The van der Waals surface area contributed by atoms with Crippen molar-refractivity contribution in [3.05, 3.63) is 48.2 Å². The van der Waals surface area contributed by atoms with Crippen molar-refractivity contribution in [2.75, 3.05) is 13.1 Å². The monoisotopic (exact) mass is 331 g/mol. The standard InChI is InChI=1S/C18H25N3O3/c1-4-9-20(15(2)22)14-18(23)21(13-17-8-6-11-24-17)12-16-7-5-10-19(16)3/h5-8,10-11H,4,9,12-14H2,1-3H3. The molecular formula is C18H25N3O3. The lowest BCUT2D eigenvalue weighted by Crippen LogP contribution is -2.42. The highest BCUT2D eigenvalue weighted by Crippen LogP contribution is 2.12. The van der Waals surface area contributed by atoms with Gasteiger partial charge in [-0.3, -0.25) is 9.59 Å². The average molecular weight is 331 g/mol. The van der Waals surface area contributed by atoms with Crippen molar-refractivity contribution in [2.45, 2.75) is 33.4 Å². The van der Waals surface area contributed by atoms with Crippen molar-refractivity contribution in [3.8, 4) is 0 Å². The van der Waals surface area contributed by atoms with Crippen LogP contribution in [-0.4, -0.2) is 39.3 Å². The molecule has 0 unspecified atom stereocenters. The van der Waals surface area contributed by atoms with Gasteiger partial charge < -0.3 is 18.8 Å². The van der Waals surface area contributed by atoms with Gasteiger partial charge in [0, 0.05) is 32.4 Å². The second kappa shape index (κ2) is 8.38. The SMILES string of the molecule is CCCN(CC(=O)N(Cc1ccco1)Cc1cccn1C)C(C)=O. The lowest BCUT2D eigenvalue weighted by atomic mass is 10.3. The van der Waals surface area contributed by atoms with Gasteiger partial charge in [0.25, 0.3) is 0 Å². The third-order valence-corrected chi connectivity index (χ3v) is 3.95. The highest BCUT2D eigenvalue weighted by Gasteiger charge is 2.20. The van der Waals surface area contributed by atoms with Crippen LogP contribution in [0.4, 0.5) is 0 Å². The van der Waals surface area contributed by atoms with Crippen LogP contribution in [-0.2, 0) is 29.7 Å². The molecule has 130 valence electrons. The Bertz CT molecular complexity index is 661. The molecule has 0 saturated heterocycles. The zero-order chi connectivity index (χ0) is 17.5. The van der Waals surface area contributed by atoms with E-state index in [2.05, 4.69) is 0 Å². The number of carbonyl (C=O) groups excluding carboxylic acids is 2. The minimum absolute atomic E-state index is 0.0815. The van der Waals surface area contributed by atoms with Crippen LogP contribution in [0.2, 0.25) is 0 Å². The molecule has 0 spiro atoms. The number of hydrogen-bond donors (Lipinski definition) is 0. The van der Waals surface area contributed by atoms with E-state index >= 15 is 0 Å². The van der Waals surface area contributed by atoms with Gasteiger partial charge in [-0.2, -0.15) is 0 Å². The first kappa shape index (κ1) is 17.8. The van der Waals surface area contributed by atoms with E-state index in [9.17, 15) is 9.59 Å². The van der Waals surface area contributed by atoms with E-state index in [0.717, 1.165) is 17.9 Å². The fourth-order valence-electron chi connectivity index (χ4n) is 2.56. The van der Waals surface area contributed by atoms with E-state index in [1.165, 1.54) is 6.92 Å². The van der Waals surface area contributed by atoms with Gasteiger partial charge in [0.15, 0.2) is 0 Å². The third kappa shape index (κ3) is 4.75. The molecule has 0 radical (unpaired) electrons. The third-order valence-electron chi connectivity index (χ3n) is 3.95. The Morgan fingerprint density at radius 1 is 1.17 bits per heavy atom. The van der Waals surface area contributed by atoms with Gasteiger partial charge in [-0.25, -0.2) is 0 Å². The number of hydrogen-bond acceptors (Lipinski definition) is 3. The second-order valence-corrected chi connectivity index (χ2v) is 5.88. The first-order valence-electron chi connectivity index (χ1n) is 8.17. The lowest BCUT2D eigenvalue weighted by molar-refractivity contribution is -0.140. The Morgan fingerprint density at radius 3 is 2.50 bits per heavy atom. The van der Waals surface area contributed by atoms with Crippen LogP contribution in [0.1, 0.15) is 31.7 Å². The van der Waals surface area contributed by atoms with Gasteiger partial charge in [0.05, 0.1) is 25.9 Å². The van der Waals surface area contributed by atoms with Crippen LogP contribution in [0.25, 0.3) is 0 Å². The predicted molar refractivity (Wildman–Crippen MR) is 90.9 cm³/mol. The summed E-state index contributed by atoms with van der Waals surface area (Å²) in [5.74, 6) is 0.556. The summed E-state index contributed by atoms with van der Waals surface area (Å²) in [6.07, 6.45) is 4.37. The van der Waals surface area contributed by atoms with E-state index in [1.807, 2.05) is 42.9 Å². The molecule has 24 heavy (non-hydrogen) atoms. The highest BCUT2D eigenvalue weighted by molar-refractivity contribution is 5.83. The number of aromatic nitrogens is 1. The van der Waals surface area contributed by atoms with Gasteiger partial charge in [-0.05, 0) is 30.7 Å². The molecule has 6 nitrogen and oxygen atoms in total. The summed E-state index contributed by atoms with van der Waals surface area (Å²) in [5.41, 5.74) is 1.03. The summed E-state index contributed by atoms with van der Waals surface area (Å²) in [6.45, 7) is 5.02. The number of nitrogens with zero attached hydrogens (tertiary/aromatic N) is 3.